The lowest BCUT2D eigenvalue weighted by Crippen LogP contribution is -2.59. The maximum Gasteiger partial charge on any atom is 0.203 e. The number of nitriles is 1. The summed E-state index contributed by atoms with van der Waals surface area (Å²) in [6, 6.07) is 19.4. The maximum absolute atomic E-state index is 13.0. The van der Waals surface area contributed by atoms with Crippen molar-refractivity contribution in [3.8, 4) is 23.1 Å². The summed E-state index contributed by atoms with van der Waals surface area (Å²) in [5.74, 6) is 0.307. The van der Waals surface area contributed by atoms with E-state index in [0.29, 0.717) is 30.0 Å². The van der Waals surface area contributed by atoms with Crippen molar-refractivity contribution >= 4 is 22.3 Å². The van der Waals surface area contributed by atoms with Crippen molar-refractivity contribution in [1.82, 2.24) is 24.5 Å². The molecule has 2 aliphatic carbocycles. The number of benzene rings is 1. The Morgan fingerprint density at radius 1 is 1.10 bits per heavy atom. The number of rotatable bonds is 7. The number of nitrogens with zero attached hydrogens (tertiary/aromatic N) is 5. The first kappa shape index (κ1) is 26.9. The summed E-state index contributed by atoms with van der Waals surface area (Å²) in [6.45, 7) is 5.51. The minimum Gasteiger partial charge on any atom is -0.598 e. The first-order valence-corrected chi connectivity index (χ1v) is 14.6. The second kappa shape index (κ2) is 9.65. The van der Waals surface area contributed by atoms with Gasteiger partial charge in [0.2, 0.25) is 5.72 Å². The monoisotopic (exact) mass is 556 g/mol. The molecule has 0 aliphatic heterocycles. The van der Waals surface area contributed by atoms with Crippen LogP contribution in [0.25, 0.3) is 28.0 Å². The number of pyridine rings is 2. The van der Waals surface area contributed by atoms with Crippen LogP contribution in [0.3, 0.4) is 0 Å². The van der Waals surface area contributed by atoms with Gasteiger partial charge in [-0.3, -0.25) is 0 Å². The van der Waals surface area contributed by atoms with Gasteiger partial charge in [-0.2, -0.15) is 10.4 Å². The van der Waals surface area contributed by atoms with Gasteiger partial charge in [0.25, 0.3) is 0 Å². The summed E-state index contributed by atoms with van der Waals surface area (Å²) in [7, 11) is 0. The van der Waals surface area contributed by atoms with Crippen LogP contribution in [-0.2, 0) is 22.5 Å². The minimum atomic E-state index is -1.66. The predicted octanol–water partition coefficient (Wildman–Crippen LogP) is 4.01. The third-order valence-electron chi connectivity index (χ3n) is 7.92. The number of aliphatic hydroxyl groups is 2. The normalized spacial score (nSPS) is 22.2. The van der Waals surface area contributed by atoms with Crippen LogP contribution in [0.5, 0.6) is 0 Å². The van der Waals surface area contributed by atoms with Gasteiger partial charge in [-0.05, 0) is 76.8 Å². The molecule has 4 aromatic rings. The van der Waals surface area contributed by atoms with E-state index in [1.54, 1.807) is 16.9 Å². The molecule has 3 aromatic heterocycles. The van der Waals surface area contributed by atoms with E-state index >= 15 is 0 Å². The molecule has 0 radical (unpaired) electrons. The van der Waals surface area contributed by atoms with Crippen molar-refractivity contribution < 1.29 is 14.8 Å². The molecule has 3 N–H and O–H groups in total. The summed E-state index contributed by atoms with van der Waals surface area (Å²) in [6.07, 6.45) is 3.69. The lowest BCUT2D eigenvalue weighted by molar-refractivity contribution is -0.113. The SMILES string of the molecule is CC(C)(C)[S@@+]([O-])NC(O)(c1cccc(-c2ccc3cnn(-c4cccc(C5(C#N)CC5)n4)c3c2)n1)C1CC(O)C1. The molecule has 10 heteroatoms. The van der Waals surface area contributed by atoms with Crippen molar-refractivity contribution in [2.24, 2.45) is 5.92 Å². The van der Waals surface area contributed by atoms with Gasteiger partial charge in [0.05, 0.1) is 46.4 Å². The number of fused-ring (bicyclic) bond motifs is 1. The Hall–Kier alpha value is -3.33. The topological polar surface area (TPSA) is 143 Å². The summed E-state index contributed by atoms with van der Waals surface area (Å²) >= 11 is -1.56. The summed E-state index contributed by atoms with van der Waals surface area (Å²) in [5.41, 5.74) is 1.25. The summed E-state index contributed by atoms with van der Waals surface area (Å²) in [5, 5.41) is 37.0. The summed E-state index contributed by atoms with van der Waals surface area (Å²) in [4.78, 5) is 9.61. The van der Waals surface area contributed by atoms with E-state index < -0.39 is 33.4 Å². The molecule has 2 fully saturated rings. The van der Waals surface area contributed by atoms with Gasteiger partial charge in [0.15, 0.2) is 5.82 Å². The average Bonchev–Trinajstić information content (AvgIpc) is 3.62. The van der Waals surface area contributed by atoms with E-state index in [-0.39, 0.29) is 5.92 Å². The fraction of sp³-hybridized carbons (Fsp3) is 0.400. The third kappa shape index (κ3) is 4.68. The summed E-state index contributed by atoms with van der Waals surface area (Å²) < 4.78 is 17.2. The van der Waals surface area contributed by atoms with E-state index in [9.17, 15) is 20.0 Å². The number of aromatic nitrogens is 4. The number of aliphatic hydroxyl groups excluding tert-OH is 1. The van der Waals surface area contributed by atoms with E-state index in [0.717, 1.165) is 35.0 Å². The maximum atomic E-state index is 13.0. The number of hydrogen-bond donors (Lipinski definition) is 3. The van der Waals surface area contributed by atoms with Crippen LogP contribution in [0.15, 0.2) is 60.8 Å². The highest BCUT2D eigenvalue weighted by Gasteiger charge is 2.51. The number of nitrogens with one attached hydrogen (secondary N) is 1. The molecule has 9 nitrogen and oxygen atoms in total. The molecule has 1 unspecified atom stereocenters. The highest BCUT2D eigenvalue weighted by molar-refractivity contribution is 7.90. The Bertz CT molecular complexity index is 1620. The number of hydrogen-bond acceptors (Lipinski definition) is 8. The van der Waals surface area contributed by atoms with Gasteiger partial charge in [0.1, 0.15) is 4.75 Å². The molecule has 3 heterocycles. The standard InChI is InChI=1S/C30H32N6O3S/c1-28(2,3)40(39)35-30(38,21-15-22(37)16-21)26-8-4-6-23(33-26)19-10-11-20-17-32-36(24(20)14-19)27-9-5-7-25(34-27)29(18-31)12-13-29/h4-11,14,17,21-22,35,37-38H,12-13,15-16H2,1-3H3/t21?,22?,30?,40-/m1/s1. The van der Waals surface area contributed by atoms with Gasteiger partial charge in [-0.15, -0.1) is 4.72 Å². The smallest absolute Gasteiger partial charge is 0.203 e. The van der Waals surface area contributed by atoms with Crippen LogP contribution >= 0.6 is 0 Å². The zero-order valence-electron chi connectivity index (χ0n) is 22.7. The zero-order valence-corrected chi connectivity index (χ0v) is 23.5. The van der Waals surface area contributed by atoms with Gasteiger partial charge in [-0.1, -0.05) is 24.3 Å². The second-order valence-corrected chi connectivity index (χ2v) is 13.9. The largest absolute Gasteiger partial charge is 0.598 e. The minimum absolute atomic E-state index is 0.331. The molecule has 0 amide bonds. The van der Waals surface area contributed by atoms with Crippen molar-refractivity contribution in [3.63, 3.8) is 0 Å². The highest BCUT2D eigenvalue weighted by atomic mass is 32.2. The quantitative estimate of drug-likeness (QED) is 0.229. The highest BCUT2D eigenvalue weighted by Crippen LogP contribution is 2.47. The molecule has 0 bridgehead atoms. The van der Waals surface area contributed by atoms with Gasteiger partial charge < -0.3 is 14.8 Å². The molecule has 2 saturated carbocycles. The van der Waals surface area contributed by atoms with Crippen LogP contribution < -0.4 is 4.72 Å². The van der Waals surface area contributed by atoms with Crippen molar-refractivity contribution in [3.05, 3.63) is 72.2 Å². The van der Waals surface area contributed by atoms with Gasteiger partial charge >= 0.3 is 0 Å². The molecule has 206 valence electrons. The lowest BCUT2D eigenvalue weighted by atomic mass is 9.74. The van der Waals surface area contributed by atoms with Crippen LogP contribution in [0.4, 0.5) is 0 Å². The molecule has 2 atom stereocenters. The molecule has 2 aliphatic rings. The average molecular weight is 557 g/mol. The van der Waals surface area contributed by atoms with Crippen molar-refractivity contribution in [2.45, 2.75) is 68.4 Å². The van der Waals surface area contributed by atoms with Crippen molar-refractivity contribution in [2.75, 3.05) is 0 Å². The molecule has 0 saturated heterocycles. The van der Waals surface area contributed by atoms with Crippen LogP contribution in [0, 0.1) is 17.2 Å². The molecular weight excluding hydrogens is 524 g/mol. The van der Waals surface area contributed by atoms with E-state index in [4.69, 9.17) is 9.97 Å². The van der Waals surface area contributed by atoms with Crippen LogP contribution in [0.2, 0.25) is 0 Å². The Morgan fingerprint density at radius 2 is 1.85 bits per heavy atom. The Morgan fingerprint density at radius 3 is 2.52 bits per heavy atom. The third-order valence-corrected chi connectivity index (χ3v) is 9.53. The first-order valence-electron chi connectivity index (χ1n) is 13.5. The van der Waals surface area contributed by atoms with Gasteiger partial charge in [0, 0.05) is 28.2 Å². The van der Waals surface area contributed by atoms with Crippen LogP contribution in [0.1, 0.15) is 57.8 Å². The van der Waals surface area contributed by atoms with Gasteiger partial charge in [-0.25, -0.2) is 14.6 Å². The Balaban J connectivity index is 1.37. The molecular formula is C30H32N6O3S. The van der Waals surface area contributed by atoms with Crippen LogP contribution in [-0.4, -0.2) is 45.4 Å². The molecule has 6 rings (SSSR count). The van der Waals surface area contributed by atoms with E-state index in [1.807, 2.05) is 69.3 Å². The lowest BCUT2D eigenvalue weighted by Gasteiger charge is -2.44. The second-order valence-electron chi connectivity index (χ2n) is 11.9. The zero-order chi connectivity index (χ0) is 28.3. The van der Waals surface area contributed by atoms with E-state index in [1.165, 1.54) is 0 Å². The molecule has 40 heavy (non-hydrogen) atoms. The predicted molar refractivity (Wildman–Crippen MR) is 152 cm³/mol. The first-order chi connectivity index (χ1) is 19.0. The fourth-order valence-electron chi connectivity index (χ4n) is 5.09. The molecule has 0 spiro atoms. The Labute approximate surface area is 236 Å². The molecule has 1 aromatic carbocycles. The Kier molecular flexibility index (Phi) is 6.48. The fourth-order valence-corrected chi connectivity index (χ4v) is 5.95. The van der Waals surface area contributed by atoms with E-state index in [2.05, 4.69) is 15.9 Å². The van der Waals surface area contributed by atoms with Crippen molar-refractivity contribution in [1.29, 1.82) is 5.26 Å².